The first-order chi connectivity index (χ1) is 9.69. The summed E-state index contributed by atoms with van der Waals surface area (Å²) in [5, 5.41) is 3.43. The Hall–Kier alpha value is -0.960. The second-order valence-electron chi connectivity index (χ2n) is 6.78. The summed E-state index contributed by atoms with van der Waals surface area (Å²) in [5.74, 6) is 3.16. The van der Waals surface area contributed by atoms with Crippen molar-refractivity contribution in [3.8, 4) is 0 Å². The van der Waals surface area contributed by atoms with Crippen molar-refractivity contribution in [1.82, 2.24) is 15.3 Å². The van der Waals surface area contributed by atoms with Gasteiger partial charge in [-0.05, 0) is 37.5 Å². The third-order valence-electron chi connectivity index (χ3n) is 5.07. The molecule has 0 bridgehead atoms. The summed E-state index contributed by atoms with van der Waals surface area (Å²) in [5.41, 5.74) is 3.91. The van der Waals surface area contributed by atoms with Gasteiger partial charge in [-0.2, -0.15) is 0 Å². The molecular weight excluding hydrogens is 246 g/mol. The summed E-state index contributed by atoms with van der Waals surface area (Å²) in [4.78, 5) is 9.86. The molecule has 20 heavy (non-hydrogen) atoms. The first-order valence-electron chi connectivity index (χ1n) is 8.29. The van der Waals surface area contributed by atoms with Crippen LogP contribution in [0.2, 0.25) is 0 Å². The van der Waals surface area contributed by atoms with Crippen LogP contribution in [0.1, 0.15) is 87.5 Å². The van der Waals surface area contributed by atoms with Gasteiger partial charge in [0.05, 0.1) is 11.4 Å². The molecule has 1 aliphatic heterocycles. The number of nitrogens with zero attached hydrogens (tertiary/aromatic N) is 2. The number of nitrogens with one attached hydrogen (secondary N) is 1. The largest absolute Gasteiger partial charge is 0.307 e. The van der Waals surface area contributed by atoms with Gasteiger partial charge in [0.25, 0.3) is 0 Å². The van der Waals surface area contributed by atoms with Crippen molar-refractivity contribution in [1.29, 1.82) is 0 Å². The van der Waals surface area contributed by atoms with Crippen LogP contribution in [0.3, 0.4) is 0 Å². The Kier molecular flexibility index (Phi) is 4.06. The van der Waals surface area contributed by atoms with Crippen LogP contribution in [0.4, 0.5) is 0 Å². The Balaban J connectivity index is 1.85. The van der Waals surface area contributed by atoms with Crippen molar-refractivity contribution in [2.75, 3.05) is 0 Å². The molecule has 1 aromatic rings. The van der Waals surface area contributed by atoms with Crippen LogP contribution in [-0.4, -0.2) is 9.97 Å². The molecule has 0 amide bonds. The summed E-state index contributed by atoms with van der Waals surface area (Å²) in [6.07, 6.45) is 6.61. The molecule has 3 rings (SSSR count). The second-order valence-corrected chi connectivity index (χ2v) is 6.78. The van der Waals surface area contributed by atoms with Crippen molar-refractivity contribution in [2.24, 2.45) is 5.92 Å². The minimum Gasteiger partial charge on any atom is -0.307 e. The fourth-order valence-electron chi connectivity index (χ4n) is 3.70. The lowest BCUT2D eigenvalue weighted by Crippen LogP contribution is -2.17. The fraction of sp³-hybridized carbons (Fsp3) is 0.765. The Morgan fingerprint density at radius 3 is 2.50 bits per heavy atom. The van der Waals surface area contributed by atoms with E-state index in [2.05, 4.69) is 26.1 Å². The topological polar surface area (TPSA) is 37.8 Å². The van der Waals surface area contributed by atoms with Gasteiger partial charge in [-0.25, -0.2) is 9.97 Å². The SMILES string of the molecule is CCC1CCC(c2nc3c(c(C(C)C)n2)CNC3)CC1. The number of hydrogen-bond acceptors (Lipinski definition) is 3. The van der Waals surface area contributed by atoms with Crippen LogP contribution < -0.4 is 5.32 Å². The van der Waals surface area contributed by atoms with Crippen molar-refractivity contribution < 1.29 is 0 Å². The maximum absolute atomic E-state index is 4.97. The smallest absolute Gasteiger partial charge is 0.132 e. The van der Waals surface area contributed by atoms with Gasteiger partial charge in [0.1, 0.15) is 5.82 Å². The molecule has 0 radical (unpaired) electrons. The second kappa shape index (κ2) is 5.80. The third-order valence-corrected chi connectivity index (χ3v) is 5.07. The van der Waals surface area contributed by atoms with Crippen molar-refractivity contribution in [3.05, 3.63) is 22.8 Å². The Morgan fingerprint density at radius 2 is 1.85 bits per heavy atom. The highest BCUT2D eigenvalue weighted by molar-refractivity contribution is 5.31. The molecule has 3 nitrogen and oxygen atoms in total. The van der Waals surface area contributed by atoms with E-state index in [0.717, 1.165) is 24.8 Å². The number of hydrogen-bond donors (Lipinski definition) is 1. The summed E-state index contributed by atoms with van der Waals surface area (Å²) in [7, 11) is 0. The average Bonchev–Trinajstić information content (AvgIpc) is 2.94. The van der Waals surface area contributed by atoms with E-state index in [1.54, 1.807) is 0 Å². The van der Waals surface area contributed by atoms with E-state index in [9.17, 15) is 0 Å². The lowest BCUT2D eigenvalue weighted by Gasteiger charge is -2.27. The maximum Gasteiger partial charge on any atom is 0.132 e. The number of aromatic nitrogens is 2. The van der Waals surface area contributed by atoms with Crippen molar-refractivity contribution in [3.63, 3.8) is 0 Å². The number of rotatable bonds is 3. The minimum absolute atomic E-state index is 0.498. The van der Waals surface area contributed by atoms with Crippen LogP contribution in [0.25, 0.3) is 0 Å². The van der Waals surface area contributed by atoms with E-state index in [-0.39, 0.29) is 0 Å². The van der Waals surface area contributed by atoms with Gasteiger partial charge in [-0.15, -0.1) is 0 Å². The maximum atomic E-state index is 4.97. The van der Waals surface area contributed by atoms with Gasteiger partial charge in [-0.1, -0.05) is 27.2 Å². The lowest BCUT2D eigenvalue weighted by atomic mass is 9.80. The van der Waals surface area contributed by atoms with E-state index in [1.165, 1.54) is 49.1 Å². The van der Waals surface area contributed by atoms with E-state index in [0.29, 0.717) is 11.8 Å². The quantitative estimate of drug-likeness (QED) is 0.908. The zero-order valence-corrected chi connectivity index (χ0v) is 13.1. The van der Waals surface area contributed by atoms with E-state index < -0.39 is 0 Å². The number of fused-ring (bicyclic) bond motifs is 1. The van der Waals surface area contributed by atoms with Gasteiger partial charge >= 0.3 is 0 Å². The first-order valence-corrected chi connectivity index (χ1v) is 8.29. The molecule has 1 aliphatic carbocycles. The van der Waals surface area contributed by atoms with E-state index in [4.69, 9.17) is 9.97 Å². The summed E-state index contributed by atoms with van der Waals surface area (Å²) in [6, 6.07) is 0. The Morgan fingerprint density at radius 1 is 1.10 bits per heavy atom. The Bertz CT molecular complexity index is 473. The standard InChI is InChI=1S/C17H27N3/c1-4-12-5-7-13(8-6-12)17-19-15-10-18-9-14(15)16(20-17)11(2)3/h11-13,18H,4-10H2,1-3H3. The molecule has 1 N–H and O–H groups in total. The van der Waals surface area contributed by atoms with Gasteiger partial charge in [0.15, 0.2) is 0 Å². The lowest BCUT2D eigenvalue weighted by molar-refractivity contribution is 0.311. The van der Waals surface area contributed by atoms with E-state index >= 15 is 0 Å². The van der Waals surface area contributed by atoms with Gasteiger partial charge in [-0.3, -0.25) is 0 Å². The predicted octanol–water partition coefficient (Wildman–Crippen LogP) is 3.89. The molecule has 1 saturated carbocycles. The van der Waals surface area contributed by atoms with Crippen LogP contribution in [0.15, 0.2) is 0 Å². The summed E-state index contributed by atoms with van der Waals surface area (Å²) in [6.45, 7) is 8.69. The highest BCUT2D eigenvalue weighted by Gasteiger charge is 2.27. The average molecular weight is 273 g/mol. The van der Waals surface area contributed by atoms with Crippen LogP contribution >= 0.6 is 0 Å². The summed E-state index contributed by atoms with van der Waals surface area (Å²) >= 11 is 0. The molecular formula is C17H27N3. The van der Waals surface area contributed by atoms with Gasteiger partial charge in [0.2, 0.25) is 0 Å². The van der Waals surface area contributed by atoms with Crippen LogP contribution in [0, 0.1) is 5.92 Å². The molecule has 0 saturated heterocycles. The normalized spacial score (nSPS) is 26.0. The van der Waals surface area contributed by atoms with Gasteiger partial charge in [0, 0.05) is 24.6 Å². The molecule has 0 aromatic carbocycles. The minimum atomic E-state index is 0.498. The zero-order valence-electron chi connectivity index (χ0n) is 13.1. The van der Waals surface area contributed by atoms with Crippen LogP contribution in [-0.2, 0) is 13.1 Å². The highest BCUT2D eigenvalue weighted by atomic mass is 15.0. The fourth-order valence-corrected chi connectivity index (χ4v) is 3.70. The van der Waals surface area contributed by atoms with Crippen molar-refractivity contribution >= 4 is 0 Å². The summed E-state index contributed by atoms with van der Waals surface area (Å²) < 4.78 is 0. The molecule has 3 heteroatoms. The molecule has 0 unspecified atom stereocenters. The monoisotopic (exact) mass is 273 g/mol. The van der Waals surface area contributed by atoms with Gasteiger partial charge < -0.3 is 5.32 Å². The molecule has 0 atom stereocenters. The van der Waals surface area contributed by atoms with Crippen LogP contribution in [0.5, 0.6) is 0 Å². The predicted molar refractivity (Wildman–Crippen MR) is 81.7 cm³/mol. The zero-order chi connectivity index (χ0) is 14.1. The molecule has 1 aromatic heterocycles. The molecule has 1 fully saturated rings. The third kappa shape index (κ3) is 2.60. The van der Waals surface area contributed by atoms with E-state index in [1.807, 2.05) is 0 Å². The Labute approximate surface area is 122 Å². The molecule has 2 heterocycles. The molecule has 2 aliphatic rings. The first kappa shape index (κ1) is 14.0. The molecule has 110 valence electrons. The molecule has 0 spiro atoms. The highest BCUT2D eigenvalue weighted by Crippen LogP contribution is 2.36. The van der Waals surface area contributed by atoms with Crippen molar-refractivity contribution in [2.45, 2.75) is 77.8 Å².